The fourth-order valence-electron chi connectivity index (χ4n) is 3.16. The van der Waals surface area contributed by atoms with Crippen molar-refractivity contribution in [1.29, 1.82) is 0 Å². The van der Waals surface area contributed by atoms with Crippen LogP contribution in [0.2, 0.25) is 0 Å². The monoisotopic (exact) mass is 355 g/mol. The highest BCUT2D eigenvalue weighted by Crippen LogP contribution is 2.36. The van der Waals surface area contributed by atoms with Gasteiger partial charge in [0.25, 0.3) is 0 Å². The summed E-state index contributed by atoms with van der Waals surface area (Å²) >= 11 is 5.33. The van der Waals surface area contributed by atoms with Crippen LogP contribution in [-0.2, 0) is 5.33 Å². The number of alkyl halides is 1. The largest absolute Gasteiger partial charge is 0.355 e. The van der Waals surface area contributed by atoms with Gasteiger partial charge < -0.3 is 4.90 Å². The van der Waals surface area contributed by atoms with Crippen molar-refractivity contribution in [3.05, 3.63) is 17.3 Å². The Hall–Kier alpha value is -0.550. The zero-order valence-electron chi connectivity index (χ0n) is 12.4. The summed E-state index contributed by atoms with van der Waals surface area (Å²) in [5.74, 6) is 2.01. The van der Waals surface area contributed by atoms with Crippen molar-refractivity contribution in [2.75, 3.05) is 18.0 Å². The molecule has 1 fully saturated rings. The maximum absolute atomic E-state index is 4.83. The lowest BCUT2D eigenvalue weighted by Gasteiger charge is -2.39. The van der Waals surface area contributed by atoms with Crippen LogP contribution in [0.4, 0.5) is 5.82 Å². The van der Waals surface area contributed by atoms with Crippen LogP contribution >= 0.6 is 27.3 Å². The van der Waals surface area contributed by atoms with E-state index >= 15 is 0 Å². The number of hydrogen-bond acceptors (Lipinski definition) is 3. The first-order valence-electron chi connectivity index (χ1n) is 7.26. The summed E-state index contributed by atoms with van der Waals surface area (Å²) < 4.78 is 2.21. The molecule has 2 aromatic rings. The molecule has 0 spiro atoms. The number of imidazole rings is 1. The Balaban J connectivity index is 1.81. The van der Waals surface area contributed by atoms with Gasteiger partial charge in [0.15, 0.2) is 10.8 Å². The normalized spacial score (nSPS) is 18.1. The molecule has 3 nitrogen and oxygen atoms in total. The number of piperidine rings is 1. The number of anilines is 1. The van der Waals surface area contributed by atoms with E-state index in [-0.39, 0.29) is 0 Å². The molecule has 0 aromatic carbocycles. The van der Waals surface area contributed by atoms with Gasteiger partial charge in [-0.1, -0.05) is 36.7 Å². The molecule has 0 saturated carbocycles. The molecule has 110 valence electrons. The van der Waals surface area contributed by atoms with E-state index in [2.05, 4.69) is 57.6 Å². The van der Waals surface area contributed by atoms with Gasteiger partial charge in [0.2, 0.25) is 0 Å². The van der Waals surface area contributed by atoms with E-state index < -0.39 is 0 Å². The molecule has 1 saturated heterocycles. The predicted octanol–water partition coefficient (Wildman–Crippen LogP) is 4.55. The number of thiazole rings is 1. The van der Waals surface area contributed by atoms with Crippen molar-refractivity contribution in [2.45, 2.75) is 38.9 Å². The highest BCUT2D eigenvalue weighted by Gasteiger charge is 2.30. The number of hydrogen-bond donors (Lipinski definition) is 0. The van der Waals surface area contributed by atoms with E-state index in [0.29, 0.717) is 5.41 Å². The van der Waals surface area contributed by atoms with Crippen LogP contribution in [0.3, 0.4) is 0 Å². The molecule has 0 unspecified atom stereocenters. The second kappa shape index (κ2) is 5.34. The van der Waals surface area contributed by atoms with Gasteiger partial charge in [0.05, 0.1) is 5.69 Å². The minimum atomic E-state index is 0.429. The third-order valence-corrected chi connectivity index (χ3v) is 5.77. The summed E-state index contributed by atoms with van der Waals surface area (Å²) in [6, 6.07) is 0. The quantitative estimate of drug-likeness (QED) is 0.736. The predicted molar refractivity (Wildman–Crippen MR) is 90.1 cm³/mol. The van der Waals surface area contributed by atoms with Gasteiger partial charge in [0, 0.05) is 30.0 Å². The summed E-state index contributed by atoms with van der Waals surface area (Å²) in [5, 5.41) is 2.96. The Labute approximate surface area is 133 Å². The van der Waals surface area contributed by atoms with E-state index in [1.807, 2.05) is 0 Å². The molecule has 20 heavy (non-hydrogen) atoms. The van der Waals surface area contributed by atoms with Crippen LogP contribution in [0, 0.1) is 11.3 Å². The zero-order chi connectivity index (χ0) is 14.3. The molecule has 3 rings (SSSR count). The van der Waals surface area contributed by atoms with Gasteiger partial charge in [-0.25, -0.2) is 4.98 Å². The lowest BCUT2D eigenvalue weighted by molar-refractivity contribution is 0.198. The molecular formula is C15H22BrN3S. The second-order valence-corrected chi connectivity index (χ2v) is 8.13. The van der Waals surface area contributed by atoms with E-state index in [1.54, 1.807) is 11.3 Å². The van der Waals surface area contributed by atoms with Crippen LogP contribution in [0.25, 0.3) is 4.96 Å². The highest BCUT2D eigenvalue weighted by molar-refractivity contribution is 9.08. The number of nitrogens with zero attached hydrogens (tertiary/aromatic N) is 3. The molecular weight excluding hydrogens is 334 g/mol. The van der Waals surface area contributed by atoms with Gasteiger partial charge >= 0.3 is 0 Å². The molecule has 1 aliphatic rings. The Bertz CT molecular complexity index is 588. The average molecular weight is 356 g/mol. The lowest BCUT2D eigenvalue weighted by Crippen LogP contribution is -2.38. The maximum atomic E-state index is 4.83. The van der Waals surface area contributed by atoms with Crippen molar-refractivity contribution < 1.29 is 0 Å². The zero-order valence-corrected chi connectivity index (χ0v) is 14.8. The summed E-state index contributed by atoms with van der Waals surface area (Å²) in [4.78, 5) is 8.41. The summed E-state index contributed by atoms with van der Waals surface area (Å²) in [5.41, 5.74) is 1.72. The van der Waals surface area contributed by atoms with Crippen LogP contribution < -0.4 is 4.90 Å². The number of rotatable bonds is 2. The first-order chi connectivity index (χ1) is 9.50. The smallest absolute Gasteiger partial charge is 0.195 e. The van der Waals surface area contributed by atoms with Gasteiger partial charge in [-0.3, -0.25) is 4.40 Å². The molecule has 1 aliphatic heterocycles. The summed E-state index contributed by atoms with van der Waals surface area (Å²) in [6.45, 7) is 9.36. The number of fused-ring (bicyclic) bond motifs is 1. The van der Waals surface area contributed by atoms with E-state index in [9.17, 15) is 0 Å². The van der Waals surface area contributed by atoms with Crippen molar-refractivity contribution in [2.24, 2.45) is 11.3 Å². The van der Waals surface area contributed by atoms with Crippen molar-refractivity contribution in [3.8, 4) is 0 Å². The summed E-state index contributed by atoms with van der Waals surface area (Å²) in [6.07, 6.45) is 4.67. The Morgan fingerprint density at radius 3 is 2.65 bits per heavy atom. The van der Waals surface area contributed by atoms with Crippen molar-refractivity contribution in [3.63, 3.8) is 0 Å². The Morgan fingerprint density at radius 2 is 2.05 bits per heavy atom. The Morgan fingerprint density at radius 1 is 1.35 bits per heavy atom. The molecule has 0 amide bonds. The lowest BCUT2D eigenvalue weighted by atomic mass is 9.75. The van der Waals surface area contributed by atoms with Crippen LogP contribution in [-0.4, -0.2) is 22.5 Å². The van der Waals surface area contributed by atoms with E-state index in [0.717, 1.165) is 29.3 Å². The second-order valence-electron chi connectivity index (χ2n) is 6.70. The molecule has 0 radical (unpaired) electrons. The summed E-state index contributed by atoms with van der Waals surface area (Å²) in [7, 11) is 0. The van der Waals surface area contributed by atoms with Gasteiger partial charge in [-0.2, -0.15) is 0 Å². The van der Waals surface area contributed by atoms with Gasteiger partial charge in [-0.05, 0) is 24.2 Å². The van der Waals surface area contributed by atoms with Gasteiger partial charge in [0.1, 0.15) is 0 Å². The number of aromatic nitrogens is 2. The topological polar surface area (TPSA) is 20.5 Å². The molecule has 0 aliphatic carbocycles. The minimum absolute atomic E-state index is 0.429. The van der Waals surface area contributed by atoms with E-state index in [4.69, 9.17) is 4.98 Å². The molecule has 0 atom stereocenters. The third kappa shape index (κ3) is 2.50. The average Bonchev–Trinajstić information content (AvgIpc) is 2.97. The fourth-order valence-corrected chi connectivity index (χ4v) is 4.40. The molecule has 3 heterocycles. The molecule has 2 aromatic heterocycles. The SMILES string of the molecule is CC(C)(C)C1CCN(c2nc3sccn3c2CBr)CC1. The Kier molecular flexibility index (Phi) is 3.84. The van der Waals surface area contributed by atoms with Gasteiger partial charge in [-0.15, -0.1) is 11.3 Å². The molecule has 0 bridgehead atoms. The van der Waals surface area contributed by atoms with Crippen LogP contribution in [0.1, 0.15) is 39.3 Å². The fraction of sp³-hybridized carbons (Fsp3) is 0.667. The molecule has 0 N–H and O–H groups in total. The first-order valence-corrected chi connectivity index (χ1v) is 9.26. The highest BCUT2D eigenvalue weighted by atomic mass is 79.9. The molecule has 5 heteroatoms. The number of halogens is 1. The van der Waals surface area contributed by atoms with Crippen molar-refractivity contribution >= 4 is 38.0 Å². The third-order valence-electron chi connectivity index (χ3n) is 4.49. The minimum Gasteiger partial charge on any atom is -0.355 e. The van der Waals surface area contributed by atoms with Crippen molar-refractivity contribution in [1.82, 2.24) is 9.38 Å². The van der Waals surface area contributed by atoms with E-state index in [1.165, 1.54) is 24.4 Å². The first kappa shape index (κ1) is 14.4. The maximum Gasteiger partial charge on any atom is 0.195 e. The van der Waals surface area contributed by atoms with Crippen LogP contribution in [0.15, 0.2) is 11.6 Å². The standard InChI is InChI=1S/C15H22BrN3S/c1-15(2,3)11-4-6-18(7-5-11)13-12(10-16)19-8-9-20-14(19)17-13/h8-9,11H,4-7,10H2,1-3H3. The van der Waals surface area contributed by atoms with Crippen LogP contribution in [0.5, 0.6) is 0 Å².